The normalized spacial score (nSPS) is 18.0. The van der Waals surface area contributed by atoms with Gasteiger partial charge in [0.05, 0.1) is 6.26 Å². The van der Waals surface area contributed by atoms with Crippen LogP contribution < -0.4 is 0 Å². The second-order valence-electron chi connectivity index (χ2n) is 3.21. The third-order valence-electron chi connectivity index (χ3n) is 2.23. The average Bonchev–Trinajstić information content (AvgIpc) is 2.78. The van der Waals surface area contributed by atoms with Gasteiger partial charge in [0, 0.05) is 13.1 Å². The van der Waals surface area contributed by atoms with Crippen molar-refractivity contribution in [2.45, 2.75) is 23.8 Å². The second kappa shape index (κ2) is 2.85. The number of rotatable bonds is 3. The molecule has 1 fully saturated rings. The molecule has 0 saturated heterocycles. The van der Waals surface area contributed by atoms with Gasteiger partial charge in [0.15, 0.2) is 0 Å². The third-order valence-corrected chi connectivity index (χ3v) is 4.12. The summed E-state index contributed by atoms with van der Waals surface area (Å²) in [5.41, 5.74) is 0. The molecule has 0 aliphatic heterocycles. The van der Waals surface area contributed by atoms with E-state index in [1.165, 1.54) is 22.9 Å². The van der Waals surface area contributed by atoms with Crippen molar-refractivity contribution in [1.29, 1.82) is 0 Å². The highest BCUT2D eigenvalue weighted by Crippen LogP contribution is 2.30. The first-order valence-corrected chi connectivity index (χ1v) is 5.56. The molecule has 4 nitrogen and oxygen atoms in total. The zero-order valence-corrected chi connectivity index (χ0v) is 8.12. The SMILES string of the molecule is CN(C1CC1)S(=O)(=O)c1ccoc1. The van der Waals surface area contributed by atoms with Crippen molar-refractivity contribution in [3.05, 3.63) is 18.6 Å². The van der Waals surface area contributed by atoms with Crippen molar-refractivity contribution in [1.82, 2.24) is 4.31 Å². The zero-order chi connectivity index (χ0) is 9.47. The van der Waals surface area contributed by atoms with Crippen molar-refractivity contribution in [2.24, 2.45) is 0 Å². The summed E-state index contributed by atoms with van der Waals surface area (Å²) < 4.78 is 29.6. The van der Waals surface area contributed by atoms with Crippen LogP contribution >= 0.6 is 0 Å². The Morgan fingerprint density at radius 1 is 1.54 bits per heavy atom. The van der Waals surface area contributed by atoms with E-state index in [0.717, 1.165) is 12.8 Å². The van der Waals surface area contributed by atoms with E-state index in [1.807, 2.05) is 0 Å². The summed E-state index contributed by atoms with van der Waals surface area (Å²) in [6.07, 6.45) is 4.56. The molecule has 2 rings (SSSR count). The summed E-state index contributed by atoms with van der Waals surface area (Å²) in [6, 6.07) is 1.66. The molecule has 13 heavy (non-hydrogen) atoms. The van der Waals surface area contributed by atoms with Crippen LogP contribution in [0, 0.1) is 0 Å². The van der Waals surface area contributed by atoms with Gasteiger partial charge in [-0.15, -0.1) is 0 Å². The van der Waals surface area contributed by atoms with Crippen LogP contribution in [0.3, 0.4) is 0 Å². The molecule has 72 valence electrons. The fraction of sp³-hybridized carbons (Fsp3) is 0.500. The number of hydrogen-bond donors (Lipinski definition) is 0. The lowest BCUT2D eigenvalue weighted by atomic mass is 10.7. The Kier molecular flexibility index (Phi) is 1.92. The Balaban J connectivity index is 2.30. The standard InChI is InChI=1S/C8H11NO3S/c1-9(7-2-3-7)13(10,11)8-4-5-12-6-8/h4-7H,2-3H2,1H3. The summed E-state index contributed by atoms with van der Waals surface area (Å²) in [6.45, 7) is 0. The molecule has 0 unspecified atom stereocenters. The Bertz CT molecular complexity index is 378. The minimum Gasteiger partial charge on any atom is -0.471 e. The first kappa shape index (κ1) is 8.77. The predicted octanol–water partition coefficient (Wildman–Crippen LogP) is 1.06. The summed E-state index contributed by atoms with van der Waals surface area (Å²) in [7, 11) is -1.68. The van der Waals surface area contributed by atoms with Crippen LogP contribution in [0.4, 0.5) is 0 Å². The van der Waals surface area contributed by atoms with Crippen molar-refractivity contribution < 1.29 is 12.8 Å². The number of hydrogen-bond acceptors (Lipinski definition) is 3. The van der Waals surface area contributed by atoms with Gasteiger partial charge in [-0.05, 0) is 18.9 Å². The first-order chi connectivity index (χ1) is 6.12. The highest BCUT2D eigenvalue weighted by atomic mass is 32.2. The number of furan rings is 1. The molecule has 1 aromatic rings. The van der Waals surface area contributed by atoms with Gasteiger partial charge in [-0.1, -0.05) is 0 Å². The number of nitrogens with zero attached hydrogens (tertiary/aromatic N) is 1. The van der Waals surface area contributed by atoms with Crippen molar-refractivity contribution in [2.75, 3.05) is 7.05 Å². The molecule has 0 aromatic carbocycles. The van der Waals surface area contributed by atoms with E-state index in [4.69, 9.17) is 4.42 Å². The lowest BCUT2D eigenvalue weighted by Crippen LogP contribution is -2.28. The summed E-state index contributed by atoms with van der Waals surface area (Å²) in [5, 5.41) is 0. The fourth-order valence-corrected chi connectivity index (χ4v) is 2.54. The van der Waals surface area contributed by atoms with E-state index in [1.54, 1.807) is 7.05 Å². The maximum atomic E-state index is 11.7. The van der Waals surface area contributed by atoms with Crippen LogP contribution in [0.5, 0.6) is 0 Å². The number of sulfonamides is 1. The van der Waals surface area contributed by atoms with Gasteiger partial charge in [0.25, 0.3) is 0 Å². The molecule has 1 aromatic heterocycles. The summed E-state index contributed by atoms with van der Waals surface area (Å²) in [4.78, 5) is 0.238. The molecule has 0 bridgehead atoms. The van der Waals surface area contributed by atoms with Crippen LogP contribution in [0.2, 0.25) is 0 Å². The summed E-state index contributed by atoms with van der Waals surface area (Å²) >= 11 is 0. The maximum Gasteiger partial charge on any atom is 0.246 e. The molecule has 5 heteroatoms. The lowest BCUT2D eigenvalue weighted by Gasteiger charge is -2.14. The monoisotopic (exact) mass is 201 g/mol. The van der Waals surface area contributed by atoms with Crippen molar-refractivity contribution >= 4 is 10.0 Å². The summed E-state index contributed by atoms with van der Waals surface area (Å²) in [5.74, 6) is 0. The maximum absolute atomic E-state index is 11.7. The van der Waals surface area contributed by atoms with E-state index in [-0.39, 0.29) is 10.9 Å². The third kappa shape index (κ3) is 1.49. The quantitative estimate of drug-likeness (QED) is 0.734. The predicted molar refractivity (Wildman–Crippen MR) is 46.7 cm³/mol. The zero-order valence-electron chi connectivity index (χ0n) is 7.30. The molecule has 0 radical (unpaired) electrons. The molecule has 1 heterocycles. The van der Waals surface area contributed by atoms with Crippen LogP contribution in [0.1, 0.15) is 12.8 Å². The van der Waals surface area contributed by atoms with Gasteiger partial charge in [0.1, 0.15) is 11.2 Å². The van der Waals surface area contributed by atoms with E-state index >= 15 is 0 Å². The topological polar surface area (TPSA) is 50.5 Å². The highest BCUT2D eigenvalue weighted by molar-refractivity contribution is 7.89. The van der Waals surface area contributed by atoms with Gasteiger partial charge < -0.3 is 4.42 Å². The first-order valence-electron chi connectivity index (χ1n) is 4.12. The van der Waals surface area contributed by atoms with Crippen LogP contribution in [0.25, 0.3) is 0 Å². The average molecular weight is 201 g/mol. The van der Waals surface area contributed by atoms with Gasteiger partial charge in [0.2, 0.25) is 10.0 Å². The molecule has 0 N–H and O–H groups in total. The Morgan fingerprint density at radius 2 is 2.23 bits per heavy atom. The Labute approximate surface area is 77.2 Å². The van der Waals surface area contributed by atoms with Gasteiger partial charge in [-0.2, -0.15) is 4.31 Å². The molecule has 0 spiro atoms. The van der Waals surface area contributed by atoms with E-state index < -0.39 is 10.0 Å². The Hall–Kier alpha value is -0.810. The lowest BCUT2D eigenvalue weighted by molar-refractivity contribution is 0.462. The van der Waals surface area contributed by atoms with Gasteiger partial charge in [-0.25, -0.2) is 8.42 Å². The largest absolute Gasteiger partial charge is 0.471 e. The van der Waals surface area contributed by atoms with Gasteiger partial charge in [-0.3, -0.25) is 0 Å². The molecule has 1 aliphatic carbocycles. The minimum atomic E-state index is -3.29. The Morgan fingerprint density at radius 3 is 2.69 bits per heavy atom. The van der Waals surface area contributed by atoms with E-state index in [0.29, 0.717) is 0 Å². The molecular formula is C8H11NO3S. The van der Waals surface area contributed by atoms with E-state index in [9.17, 15) is 8.42 Å². The van der Waals surface area contributed by atoms with Crippen LogP contribution in [-0.2, 0) is 10.0 Å². The molecular weight excluding hydrogens is 190 g/mol. The van der Waals surface area contributed by atoms with Gasteiger partial charge >= 0.3 is 0 Å². The second-order valence-corrected chi connectivity index (χ2v) is 5.21. The molecule has 0 atom stereocenters. The van der Waals surface area contributed by atoms with Crippen molar-refractivity contribution in [3.63, 3.8) is 0 Å². The van der Waals surface area contributed by atoms with Crippen LogP contribution in [-0.4, -0.2) is 25.8 Å². The molecule has 1 saturated carbocycles. The smallest absolute Gasteiger partial charge is 0.246 e. The fourth-order valence-electron chi connectivity index (χ4n) is 1.20. The minimum absolute atomic E-state index is 0.194. The molecule has 0 amide bonds. The van der Waals surface area contributed by atoms with E-state index in [2.05, 4.69) is 0 Å². The van der Waals surface area contributed by atoms with Crippen molar-refractivity contribution in [3.8, 4) is 0 Å². The molecule has 1 aliphatic rings. The highest BCUT2D eigenvalue weighted by Gasteiger charge is 2.35. The van der Waals surface area contributed by atoms with Crippen LogP contribution in [0.15, 0.2) is 27.9 Å².